The predicted octanol–water partition coefficient (Wildman–Crippen LogP) is 3.56. The topological polar surface area (TPSA) is 96.0 Å². The van der Waals surface area contributed by atoms with Crippen LogP contribution in [0.1, 0.15) is 33.3 Å². The number of hydrogen-bond acceptors (Lipinski definition) is 5. The molecule has 186 valence electrons. The van der Waals surface area contributed by atoms with Crippen molar-refractivity contribution in [3.05, 3.63) is 58.6 Å². The highest BCUT2D eigenvalue weighted by atomic mass is 79.9. The number of nitrogens with one attached hydrogen (secondary N) is 1. The minimum atomic E-state index is -3.78. The molecule has 1 atom stereocenters. The van der Waals surface area contributed by atoms with Crippen LogP contribution < -0.4 is 14.4 Å². The summed E-state index contributed by atoms with van der Waals surface area (Å²) in [5.74, 6) is -0.206. The van der Waals surface area contributed by atoms with Gasteiger partial charge in [0.1, 0.15) is 18.3 Å². The minimum Gasteiger partial charge on any atom is -0.494 e. The molecule has 0 saturated carbocycles. The van der Waals surface area contributed by atoms with Crippen LogP contribution in [0, 0.1) is 0 Å². The molecule has 0 aliphatic carbocycles. The molecule has 34 heavy (non-hydrogen) atoms. The van der Waals surface area contributed by atoms with Crippen molar-refractivity contribution in [1.82, 2.24) is 10.2 Å². The number of amides is 2. The second kappa shape index (κ2) is 12.2. The SMILES string of the molecule is CCOc1ccc(N(CC(=O)N(Cc2ccc(Br)cc2)C(C)C(=O)NC(C)C)S(C)(=O)=O)cc1. The van der Waals surface area contributed by atoms with E-state index < -0.39 is 28.5 Å². The Balaban J connectivity index is 2.35. The number of carbonyl (C=O) groups excluding carboxylic acids is 2. The van der Waals surface area contributed by atoms with E-state index in [0.717, 1.165) is 20.6 Å². The Bertz CT molecular complexity index is 1070. The van der Waals surface area contributed by atoms with Crippen molar-refractivity contribution in [2.45, 2.75) is 46.3 Å². The molecule has 0 aliphatic heterocycles. The molecule has 0 heterocycles. The van der Waals surface area contributed by atoms with Crippen molar-refractivity contribution in [3.8, 4) is 5.75 Å². The molecule has 2 aromatic carbocycles. The molecule has 2 amide bonds. The number of halogens is 1. The summed E-state index contributed by atoms with van der Waals surface area (Å²) in [5.41, 5.74) is 1.15. The van der Waals surface area contributed by atoms with Gasteiger partial charge in [-0.3, -0.25) is 13.9 Å². The number of carbonyl (C=O) groups is 2. The third kappa shape index (κ3) is 8.02. The molecule has 1 N–H and O–H groups in total. The monoisotopic (exact) mass is 553 g/mol. The Hall–Kier alpha value is -2.59. The van der Waals surface area contributed by atoms with Gasteiger partial charge >= 0.3 is 0 Å². The number of benzene rings is 2. The highest BCUT2D eigenvalue weighted by molar-refractivity contribution is 9.10. The Labute approximate surface area is 210 Å². The van der Waals surface area contributed by atoms with Crippen molar-refractivity contribution < 1.29 is 22.7 Å². The highest BCUT2D eigenvalue weighted by Gasteiger charge is 2.30. The number of sulfonamides is 1. The quantitative estimate of drug-likeness (QED) is 0.459. The third-order valence-corrected chi connectivity index (χ3v) is 6.65. The summed E-state index contributed by atoms with van der Waals surface area (Å²) >= 11 is 3.39. The molecule has 0 saturated heterocycles. The Morgan fingerprint density at radius 3 is 2.12 bits per heavy atom. The molecule has 2 aromatic rings. The average molecular weight is 555 g/mol. The Morgan fingerprint density at radius 2 is 1.62 bits per heavy atom. The Kier molecular flexibility index (Phi) is 9.93. The first-order valence-corrected chi connectivity index (χ1v) is 13.6. The normalized spacial score (nSPS) is 12.2. The summed E-state index contributed by atoms with van der Waals surface area (Å²) in [7, 11) is -3.78. The lowest BCUT2D eigenvalue weighted by atomic mass is 10.1. The van der Waals surface area contributed by atoms with Crippen LogP contribution in [0.25, 0.3) is 0 Å². The number of hydrogen-bond donors (Lipinski definition) is 1. The van der Waals surface area contributed by atoms with E-state index in [-0.39, 0.29) is 18.5 Å². The first kappa shape index (κ1) is 27.7. The van der Waals surface area contributed by atoms with Gasteiger partial charge in [-0.25, -0.2) is 8.42 Å². The van der Waals surface area contributed by atoms with Crippen LogP contribution in [0.5, 0.6) is 5.75 Å². The second-order valence-corrected chi connectivity index (χ2v) is 11.0. The molecule has 0 aromatic heterocycles. The summed E-state index contributed by atoms with van der Waals surface area (Å²) in [6, 6.07) is 13.0. The lowest BCUT2D eigenvalue weighted by molar-refractivity contribution is -0.139. The maximum Gasteiger partial charge on any atom is 0.244 e. The number of nitrogens with zero attached hydrogens (tertiary/aromatic N) is 2. The first-order chi connectivity index (χ1) is 15.9. The maximum atomic E-state index is 13.5. The molecule has 0 fully saturated rings. The van der Waals surface area contributed by atoms with Crippen molar-refractivity contribution in [2.75, 3.05) is 23.7 Å². The summed E-state index contributed by atoms with van der Waals surface area (Å²) in [6.45, 7) is 7.35. The Morgan fingerprint density at radius 1 is 1.03 bits per heavy atom. The summed E-state index contributed by atoms with van der Waals surface area (Å²) in [4.78, 5) is 27.6. The minimum absolute atomic E-state index is 0.101. The van der Waals surface area contributed by atoms with Crippen LogP contribution in [0.4, 0.5) is 5.69 Å². The second-order valence-electron chi connectivity index (χ2n) is 8.18. The molecule has 0 radical (unpaired) electrons. The van der Waals surface area contributed by atoms with Crippen LogP contribution in [-0.2, 0) is 26.2 Å². The predicted molar refractivity (Wildman–Crippen MR) is 137 cm³/mol. The molecular weight excluding hydrogens is 522 g/mol. The zero-order chi connectivity index (χ0) is 25.5. The van der Waals surface area contributed by atoms with Crippen LogP contribution in [-0.4, -0.2) is 56.6 Å². The van der Waals surface area contributed by atoms with E-state index in [9.17, 15) is 18.0 Å². The lowest BCUT2D eigenvalue weighted by Crippen LogP contribution is -2.52. The van der Waals surface area contributed by atoms with Gasteiger partial charge in [-0.15, -0.1) is 0 Å². The smallest absolute Gasteiger partial charge is 0.244 e. The van der Waals surface area contributed by atoms with Crippen LogP contribution in [0.15, 0.2) is 53.0 Å². The summed E-state index contributed by atoms with van der Waals surface area (Å²) in [5, 5.41) is 2.82. The van der Waals surface area contributed by atoms with Crippen LogP contribution in [0.2, 0.25) is 0 Å². The molecule has 8 nitrogen and oxygen atoms in total. The van der Waals surface area contributed by atoms with E-state index in [1.165, 1.54) is 4.90 Å². The fourth-order valence-electron chi connectivity index (χ4n) is 3.26. The summed E-state index contributed by atoms with van der Waals surface area (Å²) < 4.78 is 32.5. The van der Waals surface area contributed by atoms with Gasteiger partial charge in [0.2, 0.25) is 21.8 Å². The zero-order valence-electron chi connectivity index (χ0n) is 20.1. The molecule has 0 aliphatic rings. The molecule has 10 heteroatoms. The van der Waals surface area contributed by atoms with Crippen LogP contribution >= 0.6 is 15.9 Å². The standard InChI is InChI=1S/C24H32BrN3O5S/c1-6-33-22-13-11-21(12-14-22)28(34(5,31)32)16-23(29)27(18(4)24(30)26-17(2)3)15-19-7-9-20(25)10-8-19/h7-14,17-18H,6,15-16H2,1-5H3,(H,26,30). The molecule has 0 bridgehead atoms. The molecule has 0 spiro atoms. The van der Waals surface area contributed by atoms with Gasteiger partial charge in [0.25, 0.3) is 0 Å². The van der Waals surface area contributed by atoms with Gasteiger partial charge in [-0.05, 0) is 69.7 Å². The lowest BCUT2D eigenvalue weighted by Gasteiger charge is -2.32. The van der Waals surface area contributed by atoms with E-state index in [1.807, 2.05) is 45.0 Å². The molecular formula is C24H32BrN3O5S. The van der Waals surface area contributed by atoms with E-state index in [1.54, 1.807) is 31.2 Å². The van der Waals surface area contributed by atoms with Crippen molar-refractivity contribution >= 4 is 43.5 Å². The first-order valence-electron chi connectivity index (χ1n) is 11.0. The van der Waals surface area contributed by atoms with E-state index in [4.69, 9.17) is 4.74 Å². The molecule has 1 unspecified atom stereocenters. The number of anilines is 1. The van der Waals surface area contributed by atoms with E-state index >= 15 is 0 Å². The largest absolute Gasteiger partial charge is 0.494 e. The van der Waals surface area contributed by atoms with Gasteiger partial charge < -0.3 is 15.0 Å². The third-order valence-electron chi connectivity index (χ3n) is 4.98. The zero-order valence-corrected chi connectivity index (χ0v) is 22.5. The maximum absolute atomic E-state index is 13.5. The number of rotatable bonds is 11. The van der Waals surface area contributed by atoms with E-state index in [0.29, 0.717) is 18.0 Å². The highest BCUT2D eigenvalue weighted by Crippen LogP contribution is 2.23. The van der Waals surface area contributed by atoms with Crippen LogP contribution in [0.3, 0.4) is 0 Å². The van der Waals surface area contributed by atoms with Crippen molar-refractivity contribution in [2.24, 2.45) is 0 Å². The van der Waals surface area contributed by atoms with E-state index in [2.05, 4.69) is 21.2 Å². The van der Waals surface area contributed by atoms with Gasteiger partial charge in [-0.2, -0.15) is 0 Å². The fourth-order valence-corrected chi connectivity index (χ4v) is 4.38. The average Bonchev–Trinajstić information content (AvgIpc) is 2.76. The fraction of sp³-hybridized carbons (Fsp3) is 0.417. The summed E-state index contributed by atoms with van der Waals surface area (Å²) in [6.07, 6.45) is 1.05. The number of ether oxygens (including phenoxy) is 1. The van der Waals surface area contributed by atoms with Crippen molar-refractivity contribution in [1.29, 1.82) is 0 Å². The van der Waals surface area contributed by atoms with Gasteiger partial charge in [-0.1, -0.05) is 28.1 Å². The molecule has 2 rings (SSSR count). The van der Waals surface area contributed by atoms with Gasteiger partial charge in [0.05, 0.1) is 18.6 Å². The van der Waals surface area contributed by atoms with Crippen molar-refractivity contribution in [3.63, 3.8) is 0 Å². The van der Waals surface area contributed by atoms with Gasteiger partial charge in [0, 0.05) is 17.1 Å². The van der Waals surface area contributed by atoms with Gasteiger partial charge in [0.15, 0.2) is 0 Å².